The first-order chi connectivity index (χ1) is 12.3. The summed E-state index contributed by atoms with van der Waals surface area (Å²) in [7, 11) is 0. The fraction of sp³-hybridized carbons (Fsp3) is 0.421. The Balaban J connectivity index is 1.45. The van der Waals surface area contributed by atoms with Crippen molar-refractivity contribution in [1.82, 2.24) is 14.9 Å². The highest BCUT2D eigenvalue weighted by atomic mass is 16.5. The van der Waals surface area contributed by atoms with Crippen molar-refractivity contribution in [2.75, 3.05) is 31.1 Å². The average Bonchev–Trinajstić information content (AvgIpc) is 2.78. The van der Waals surface area contributed by atoms with Gasteiger partial charge in [-0.3, -0.25) is 4.90 Å². The highest BCUT2D eigenvalue weighted by molar-refractivity contribution is 6.20. The van der Waals surface area contributed by atoms with Gasteiger partial charge in [-0.2, -0.15) is 0 Å². The summed E-state index contributed by atoms with van der Waals surface area (Å²) in [5.41, 5.74) is 5.05. The Kier molecular flexibility index (Phi) is 3.45. The lowest BCUT2D eigenvalue weighted by atomic mass is 9.98. The Labute approximate surface area is 147 Å². The molecule has 6 heteroatoms. The highest BCUT2D eigenvalue weighted by Crippen LogP contribution is 2.38. The molecule has 0 atom stereocenters. The van der Waals surface area contributed by atoms with Gasteiger partial charge in [0.05, 0.1) is 6.54 Å². The molecule has 4 heterocycles. The number of hydrogen-bond donors (Lipinski definition) is 0. The molecule has 0 amide bonds. The molecule has 0 fully saturated rings. The molecule has 0 unspecified atom stereocenters. The first kappa shape index (κ1) is 14.8. The van der Waals surface area contributed by atoms with Gasteiger partial charge in [0, 0.05) is 18.8 Å². The van der Waals surface area contributed by atoms with E-state index in [-0.39, 0.29) is 0 Å². The van der Waals surface area contributed by atoms with Crippen LogP contribution in [0.4, 0.5) is 11.5 Å². The monoisotopic (exact) mass is 335 g/mol. The minimum absolute atomic E-state index is 0.601. The first-order valence-corrected chi connectivity index (χ1v) is 9.02. The van der Waals surface area contributed by atoms with Gasteiger partial charge in [-0.05, 0) is 42.6 Å². The van der Waals surface area contributed by atoms with E-state index in [0.29, 0.717) is 12.5 Å². The lowest BCUT2D eigenvalue weighted by Gasteiger charge is -2.31. The van der Waals surface area contributed by atoms with E-state index < -0.39 is 0 Å². The van der Waals surface area contributed by atoms with E-state index in [1.807, 2.05) is 0 Å². The third kappa shape index (κ3) is 2.40. The summed E-state index contributed by atoms with van der Waals surface area (Å²) in [6, 6.07) is 6.82. The molecule has 0 N–H and O–H groups in total. The minimum Gasteiger partial charge on any atom is -0.475 e. The number of aliphatic imine (C=N–C) groups is 1. The van der Waals surface area contributed by atoms with Crippen molar-refractivity contribution in [3.63, 3.8) is 0 Å². The van der Waals surface area contributed by atoms with Crippen LogP contribution in [-0.4, -0.2) is 46.9 Å². The quantitative estimate of drug-likeness (QED) is 0.863. The second kappa shape index (κ2) is 5.81. The van der Waals surface area contributed by atoms with Crippen molar-refractivity contribution in [3.8, 4) is 5.88 Å². The summed E-state index contributed by atoms with van der Waals surface area (Å²) in [6.45, 7) is 7.01. The maximum Gasteiger partial charge on any atom is 0.230 e. The molecule has 3 aliphatic heterocycles. The predicted molar refractivity (Wildman–Crippen MR) is 96.8 cm³/mol. The molecule has 5 rings (SSSR count). The van der Waals surface area contributed by atoms with Crippen molar-refractivity contribution >= 4 is 17.3 Å². The molecule has 6 nitrogen and oxygen atoms in total. The SMILES string of the molecule is CCCN1CCc2cc(N3CCOc4ncnc5c4C3=N5)ccc2C1. The number of fused-ring (bicyclic) bond motifs is 1. The number of amidine groups is 1. The van der Waals surface area contributed by atoms with E-state index in [9.17, 15) is 0 Å². The summed E-state index contributed by atoms with van der Waals surface area (Å²) < 4.78 is 5.78. The molecule has 2 aromatic rings. The molecule has 3 aliphatic rings. The van der Waals surface area contributed by atoms with Crippen LogP contribution in [0.1, 0.15) is 30.0 Å². The topological polar surface area (TPSA) is 53.9 Å². The smallest absolute Gasteiger partial charge is 0.230 e. The van der Waals surface area contributed by atoms with E-state index >= 15 is 0 Å². The maximum absolute atomic E-state index is 5.78. The molecule has 1 aromatic carbocycles. The lowest BCUT2D eigenvalue weighted by molar-refractivity contribution is 0.255. The van der Waals surface area contributed by atoms with Gasteiger partial charge in [0.1, 0.15) is 18.5 Å². The molecule has 0 saturated carbocycles. The van der Waals surface area contributed by atoms with Crippen molar-refractivity contribution in [3.05, 3.63) is 41.2 Å². The van der Waals surface area contributed by atoms with Crippen LogP contribution < -0.4 is 9.64 Å². The Hall–Kier alpha value is -2.47. The van der Waals surface area contributed by atoms with Gasteiger partial charge in [-0.1, -0.05) is 13.0 Å². The lowest BCUT2D eigenvalue weighted by Crippen LogP contribution is -2.36. The van der Waals surface area contributed by atoms with Crippen LogP contribution in [0.3, 0.4) is 0 Å². The molecule has 0 saturated heterocycles. The van der Waals surface area contributed by atoms with Crippen LogP contribution in [0, 0.1) is 0 Å². The average molecular weight is 335 g/mol. The second-order valence-electron chi connectivity index (χ2n) is 6.79. The summed E-state index contributed by atoms with van der Waals surface area (Å²) in [5.74, 6) is 2.33. The van der Waals surface area contributed by atoms with Gasteiger partial charge in [-0.15, -0.1) is 0 Å². The van der Waals surface area contributed by atoms with Crippen LogP contribution in [0.2, 0.25) is 0 Å². The molecule has 0 bridgehead atoms. The van der Waals surface area contributed by atoms with Crippen LogP contribution in [0.25, 0.3) is 0 Å². The molecule has 0 radical (unpaired) electrons. The van der Waals surface area contributed by atoms with Gasteiger partial charge in [0.25, 0.3) is 0 Å². The molecular formula is C19H21N5O. The van der Waals surface area contributed by atoms with E-state index in [0.717, 1.165) is 43.3 Å². The highest BCUT2D eigenvalue weighted by Gasteiger charge is 2.34. The fourth-order valence-corrected chi connectivity index (χ4v) is 3.91. The fourth-order valence-electron chi connectivity index (χ4n) is 3.91. The van der Waals surface area contributed by atoms with Crippen molar-refractivity contribution in [2.24, 2.45) is 4.99 Å². The van der Waals surface area contributed by atoms with Gasteiger partial charge < -0.3 is 9.64 Å². The molecule has 128 valence electrons. The molecule has 25 heavy (non-hydrogen) atoms. The van der Waals surface area contributed by atoms with Crippen molar-refractivity contribution in [2.45, 2.75) is 26.3 Å². The maximum atomic E-state index is 5.78. The Morgan fingerprint density at radius 3 is 3.04 bits per heavy atom. The number of anilines is 1. The van der Waals surface area contributed by atoms with Crippen LogP contribution in [0.15, 0.2) is 29.5 Å². The number of nitrogens with zero attached hydrogens (tertiary/aromatic N) is 5. The van der Waals surface area contributed by atoms with Crippen LogP contribution in [0.5, 0.6) is 5.88 Å². The summed E-state index contributed by atoms with van der Waals surface area (Å²) in [5, 5.41) is 0. The Bertz CT molecular complexity index is 863. The standard InChI is InChI=1S/C19H21N5O/c1-2-6-23-7-5-13-10-15(4-3-14(13)11-23)24-8-9-25-19-16-17(20-12-21-19)22-18(16)24/h3-4,10,12H,2,5-9,11H2,1H3. The Morgan fingerprint density at radius 2 is 2.12 bits per heavy atom. The zero-order chi connectivity index (χ0) is 16.8. The minimum atomic E-state index is 0.601. The van der Waals surface area contributed by atoms with Gasteiger partial charge in [-0.25, -0.2) is 15.0 Å². The number of benzene rings is 1. The molecule has 0 aliphatic carbocycles. The van der Waals surface area contributed by atoms with Gasteiger partial charge in [0.15, 0.2) is 11.7 Å². The Morgan fingerprint density at radius 1 is 1.16 bits per heavy atom. The number of hydrogen-bond acceptors (Lipinski definition) is 6. The normalized spacial score (nSPS) is 18.4. The van der Waals surface area contributed by atoms with E-state index in [4.69, 9.17) is 4.74 Å². The number of aromatic nitrogens is 2. The summed E-state index contributed by atoms with van der Waals surface area (Å²) in [6.07, 6.45) is 3.85. The second-order valence-corrected chi connectivity index (χ2v) is 6.79. The third-order valence-corrected chi connectivity index (χ3v) is 5.17. The van der Waals surface area contributed by atoms with Crippen molar-refractivity contribution in [1.29, 1.82) is 0 Å². The zero-order valence-electron chi connectivity index (χ0n) is 14.4. The number of ether oxygens (including phenoxy) is 1. The van der Waals surface area contributed by atoms with E-state index in [2.05, 4.69) is 49.9 Å². The predicted octanol–water partition coefficient (Wildman–Crippen LogP) is 2.54. The molecular weight excluding hydrogens is 314 g/mol. The van der Waals surface area contributed by atoms with Crippen molar-refractivity contribution < 1.29 is 4.74 Å². The zero-order valence-corrected chi connectivity index (χ0v) is 14.4. The van der Waals surface area contributed by atoms with E-state index in [1.54, 1.807) is 0 Å². The molecule has 1 aromatic heterocycles. The largest absolute Gasteiger partial charge is 0.475 e. The summed E-state index contributed by atoms with van der Waals surface area (Å²) in [4.78, 5) is 17.8. The number of rotatable bonds is 3. The molecule has 0 spiro atoms. The third-order valence-electron chi connectivity index (χ3n) is 5.17. The van der Waals surface area contributed by atoms with E-state index in [1.165, 1.54) is 36.1 Å². The summed E-state index contributed by atoms with van der Waals surface area (Å²) >= 11 is 0. The van der Waals surface area contributed by atoms with Crippen LogP contribution >= 0.6 is 0 Å². The van der Waals surface area contributed by atoms with Crippen LogP contribution in [-0.2, 0) is 13.0 Å². The van der Waals surface area contributed by atoms with Gasteiger partial charge in [0.2, 0.25) is 5.88 Å². The van der Waals surface area contributed by atoms with Gasteiger partial charge >= 0.3 is 0 Å². The first-order valence-electron chi connectivity index (χ1n) is 9.02.